The van der Waals surface area contributed by atoms with Crippen LogP contribution in [0.4, 0.5) is 0 Å². The van der Waals surface area contributed by atoms with Gasteiger partial charge < -0.3 is 5.32 Å². The molecule has 0 aromatic heterocycles. The molecule has 0 aromatic rings. The first kappa shape index (κ1) is 7.59. The summed E-state index contributed by atoms with van der Waals surface area (Å²) in [6.45, 7) is 6.34. The van der Waals surface area contributed by atoms with Gasteiger partial charge in [0.2, 0.25) is 0 Å². The number of rotatable bonds is 0. The summed E-state index contributed by atoms with van der Waals surface area (Å²) in [6.07, 6.45) is 3.33. The van der Waals surface area contributed by atoms with Crippen LogP contribution in [0.15, 0.2) is 27.9 Å². The molecule has 0 amide bonds. The number of nitrogens with zero attached hydrogens (tertiary/aromatic N) is 1. The summed E-state index contributed by atoms with van der Waals surface area (Å²) in [5.41, 5.74) is 4.07. The Bertz CT molecular complexity index is 308. The summed E-state index contributed by atoms with van der Waals surface area (Å²) in [5.74, 6) is 1.05. The largest absolute Gasteiger partial charge is 0.346 e. The summed E-state index contributed by atoms with van der Waals surface area (Å²) >= 11 is 0. The maximum absolute atomic E-state index is 4.50. The molecule has 2 nitrogen and oxygen atoms in total. The van der Waals surface area contributed by atoms with E-state index >= 15 is 0 Å². The monoisotopic (exact) mass is 162 g/mol. The van der Waals surface area contributed by atoms with E-state index in [0.717, 1.165) is 12.3 Å². The van der Waals surface area contributed by atoms with Gasteiger partial charge in [-0.2, -0.15) is 0 Å². The van der Waals surface area contributed by atoms with E-state index in [4.69, 9.17) is 0 Å². The van der Waals surface area contributed by atoms with Gasteiger partial charge in [-0.05, 0) is 32.8 Å². The fraction of sp³-hybridized carbons (Fsp3) is 0.500. The smallest absolute Gasteiger partial charge is 0.0982 e. The second kappa shape index (κ2) is 2.47. The summed E-state index contributed by atoms with van der Waals surface area (Å²) in [6, 6.07) is 0.383. The third-order valence-electron chi connectivity index (χ3n) is 2.64. The first-order valence-corrected chi connectivity index (χ1v) is 4.38. The van der Waals surface area contributed by atoms with Crippen molar-refractivity contribution in [2.75, 3.05) is 0 Å². The van der Waals surface area contributed by atoms with Crippen molar-refractivity contribution in [3.05, 3.63) is 22.9 Å². The van der Waals surface area contributed by atoms with Gasteiger partial charge in [0, 0.05) is 5.70 Å². The fourth-order valence-electron chi connectivity index (χ4n) is 1.78. The Kier molecular flexibility index (Phi) is 1.56. The summed E-state index contributed by atoms with van der Waals surface area (Å²) in [4.78, 5) is 4.50. The normalized spacial score (nSPS) is 27.8. The van der Waals surface area contributed by atoms with E-state index in [1.165, 1.54) is 16.8 Å². The molecule has 1 unspecified atom stereocenters. The minimum Gasteiger partial charge on any atom is -0.346 e. The molecule has 0 saturated heterocycles. The van der Waals surface area contributed by atoms with Crippen LogP contribution < -0.4 is 5.32 Å². The molecule has 2 rings (SSSR count). The molecule has 0 aromatic carbocycles. The highest BCUT2D eigenvalue weighted by Gasteiger charge is 2.24. The van der Waals surface area contributed by atoms with E-state index in [0.29, 0.717) is 6.04 Å². The first-order valence-electron chi connectivity index (χ1n) is 4.38. The highest BCUT2D eigenvalue weighted by molar-refractivity contribution is 5.85. The third-order valence-corrected chi connectivity index (χ3v) is 2.64. The van der Waals surface area contributed by atoms with Crippen LogP contribution in [0.2, 0.25) is 0 Å². The second-order valence-corrected chi connectivity index (χ2v) is 3.52. The first-order chi connectivity index (χ1) is 5.68. The van der Waals surface area contributed by atoms with Crippen molar-refractivity contribution in [3.63, 3.8) is 0 Å². The Morgan fingerprint density at radius 2 is 2.17 bits per heavy atom. The number of aliphatic imine (C=N–C) groups is 1. The van der Waals surface area contributed by atoms with Crippen LogP contribution in [-0.2, 0) is 0 Å². The lowest BCUT2D eigenvalue weighted by Crippen LogP contribution is -2.20. The summed E-state index contributed by atoms with van der Waals surface area (Å²) < 4.78 is 0. The Morgan fingerprint density at radius 3 is 2.92 bits per heavy atom. The fourth-order valence-corrected chi connectivity index (χ4v) is 1.78. The van der Waals surface area contributed by atoms with Crippen LogP contribution in [-0.4, -0.2) is 11.9 Å². The summed E-state index contributed by atoms with van der Waals surface area (Å²) in [7, 11) is 0. The molecular formula is C10H14N2. The molecule has 12 heavy (non-hydrogen) atoms. The Morgan fingerprint density at radius 1 is 1.42 bits per heavy atom. The quantitative estimate of drug-likeness (QED) is 0.579. The van der Waals surface area contributed by atoms with Gasteiger partial charge in [0.05, 0.1) is 11.9 Å². The lowest BCUT2D eigenvalue weighted by atomic mass is 9.95. The predicted molar refractivity (Wildman–Crippen MR) is 51.1 cm³/mol. The zero-order chi connectivity index (χ0) is 8.72. The van der Waals surface area contributed by atoms with Crippen molar-refractivity contribution in [3.8, 4) is 0 Å². The van der Waals surface area contributed by atoms with Gasteiger partial charge in [-0.15, -0.1) is 0 Å². The molecule has 0 spiro atoms. The van der Waals surface area contributed by atoms with Gasteiger partial charge >= 0.3 is 0 Å². The minimum atomic E-state index is 0.383. The van der Waals surface area contributed by atoms with Crippen LogP contribution in [0.25, 0.3) is 0 Å². The van der Waals surface area contributed by atoms with Gasteiger partial charge in [-0.1, -0.05) is 11.6 Å². The standard InChI is InChI=1S/C10H14N2/c1-6-4-5-9-10(7(6)2)12-8(3)11-9/h4,9H,5H2,1-3H3,(H,11,12). The number of nitrogens with one attached hydrogen (secondary N) is 1. The van der Waals surface area contributed by atoms with Gasteiger partial charge in [-0.25, -0.2) is 0 Å². The van der Waals surface area contributed by atoms with Crippen molar-refractivity contribution in [1.82, 2.24) is 5.32 Å². The molecule has 0 fully saturated rings. The molecule has 1 N–H and O–H groups in total. The number of amidine groups is 1. The van der Waals surface area contributed by atoms with E-state index in [-0.39, 0.29) is 0 Å². The van der Waals surface area contributed by atoms with Crippen LogP contribution in [0.5, 0.6) is 0 Å². The highest BCUT2D eigenvalue weighted by atomic mass is 15.1. The topological polar surface area (TPSA) is 24.4 Å². The van der Waals surface area contributed by atoms with Gasteiger partial charge in [0.15, 0.2) is 0 Å². The lowest BCUT2D eigenvalue weighted by molar-refractivity contribution is 0.762. The second-order valence-electron chi connectivity index (χ2n) is 3.52. The number of allylic oxidation sites excluding steroid dienone is 2. The van der Waals surface area contributed by atoms with E-state index in [9.17, 15) is 0 Å². The minimum absolute atomic E-state index is 0.383. The molecular weight excluding hydrogens is 148 g/mol. The Hall–Kier alpha value is -1.05. The van der Waals surface area contributed by atoms with Crippen LogP contribution in [0.3, 0.4) is 0 Å². The lowest BCUT2D eigenvalue weighted by Gasteiger charge is -2.18. The highest BCUT2D eigenvalue weighted by Crippen LogP contribution is 2.27. The molecule has 1 aliphatic carbocycles. The average Bonchev–Trinajstić information content (AvgIpc) is 2.39. The molecule has 1 heterocycles. The van der Waals surface area contributed by atoms with Gasteiger partial charge in [0.1, 0.15) is 0 Å². The van der Waals surface area contributed by atoms with Crippen LogP contribution in [0.1, 0.15) is 27.2 Å². The van der Waals surface area contributed by atoms with E-state index in [1.54, 1.807) is 0 Å². The molecule has 1 aliphatic heterocycles. The maximum atomic E-state index is 4.50. The third kappa shape index (κ3) is 0.986. The van der Waals surface area contributed by atoms with Crippen LogP contribution >= 0.6 is 0 Å². The molecule has 0 saturated carbocycles. The van der Waals surface area contributed by atoms with Crippen molar-refractivity contribution < 1.29 is 0 Å². The molecule has 64 valence electrons. The number of hydrogen-bond donors (Lipinski definition) is 1. The van der Waals surface area contributed by atoms with E-state index in [2.05, 4.69) is 30.2 Å². The zero-order valence-electron chi connectivity index (χ0n) is 7.81. The molecule has 1 atom stereocenters. The SMILES string of the molecule is CC1=CCC2N=C(C)NC2=C1C. The molecule has 0 bridgehead atoms. The Labute approximate surface area is 73.1 Å². The zero-order valence-corrected chi connectivity index (χ0v) is 7.81. The van der Waals surface area contributed by atoms with Crippen molar-refractivity contribution in [2.24, 2.45) is 4.99 Å². The van der Waals surface area contributed by atoms with Crippen LogP contribution in [0, 0.1) is 0 Å². The van der Waals surface area contributed by atoms with E-state index < -0.39 is 0 Å². The number of hydrogen-bond acceptors (Lipinski definition) is 2. The Balaban J connectivity index is 2.38. The average molecular weight is 162 g/mol. The number of fused-ring (bicyclic) bond motifs is 1. The van der Waals surface area contributed by atoms with Gasteiger partial charge in [0.25, 0.3) is 0 Å². The summed E-state index contributed by atoms with van der Waals surface area (Å²) in [5, 5.41) is 3.32. The molecule has 0 radical (unpaired) electrons. The van der Waals surface area contributed by atoms with Crippen molar-refractivity contribution in [2.45, 2.75) is 33.2 Å². The maximum Gasteiger partial charge on any atom is 0.0982 e. The van der Waals surface area contributed by atoms with Crippen molar-refractivity contribution in [1.29, 1.82) is 0 Å². The predicted octanol–water partition coefficient (Wildman–Crippen LogP) is 2.00. The van der Waals surface area contributed by atoms with E-state index in [1.807, 2.05) is 6.92 Å². The molecule has 2 heteroatoms. The molecule has 2 aliphatic rings. The van der Waals surface area contributed by atoms with Crippen molar-refractivity contribution >= 4 is 5.84 Å². The van der Waals surface area contributed by atoms with Gasteiger partial charge in [-0.3, -0.25) is 4.99 Å².